The summed E-state index contributed by atoms with van der Waals surface area (Å²) in [6, 6.07) is 14.4. The van der Waals surface area contributed by atoms with E-state index in [9.17, 15) is 9.50 Å². The summed E-state index contributed by atoms with van der Waals surface area (Å²) in [5.41, 5.74) is 0.523. The average Bonchev–Trinajstić information content (AvgIpc) is 2.90. The van der Waals surface area contributed by atoms with Crippen LogP contribution >= 0.6 is 11.3 Å². The highest BCUT2D eigenvalue weighted by atomic mass is 32.1. The van der Waals surface area contributed by atoms with E-state index in [1.807, 2.05) is 30.3 Å². The quantitative estimate of drug-likeness (QED) is 0.785. The summed E-state index contributed by atoms with van der Waals surface area (Å²) in [6.45, 7) is 0. The fraction of sp³-hybridized carbons (Fsp3) is 0.125. The molecule has 2 nitrogen and oxygen atoms in total. The van der Waals surface area contributed by atoms with Gasteiger partial charge in [-0.15, -0.1) is 11.3 Å². The SMILES string of the molecule is COc1ccc(C(O)c2cc3ccccc3s2)cc1F. The molecule has 0 aliphatic heterocycles. The predicted octanol–water partition coefficient (Wildman–Crippen LogP) is 4.13. The molecule has 4 heteroatoms. The van der Waals surface area contributed by atoms with Crippen molar-refractivity contribution in [2.75, 3.05) is 7.11 Å². The maximum Gasteiger partial charge on any atom is 0.165 e. The third-order valence-corrected chi connectivity index (χ3v) is 4.37. The Bertz CT molecular complexity index is 718. The van der Waals surface area contributed by atoms with Crippen molar-refractivity contribution >= 4 is 21.4 Å². The maximum atomic E-state index is 13.7. The first-order valence-electron chi connectivity index (χ1n) is 6.19. The number of methoxy groups -OCH3 is 1. The molecule has 1 heterocycles. The third-order valence-electron chi connectivity index (χ3n) is 3.21. The molecule has 102 valence electrons. The lowest BCUT2D eigenvalue weighted by atomic mass is 10.1. The molecular weight excluding hydrogens is 275 g/mol. The van der Waals surface area contributed by atoms with Crippen LogP contribution in [0.5, 0.6) is 5.75 Å². The van der Waals surface area contributed by atoms with Crippen LogP contribution in [0.4, 0.5) is 4.39 Å². The number of hydrogen-bond donors (Lipinski definition) is 1. The summed E-state index contributed by atoms with van der Waals surface area (Å²) in [6.07, 6.45) is -0.826. The zero-order valence-electron chi connectivity index (χ0n) is 10.8. The van der Waals surface area contributed by atoms with E-state index in [0.29, 0.717) is 5.56 Å². The lowest BCUT2D eigenvalue weighted by Gasteiger charge is -2.10. The van der Waals surface area contributed by atoms with Crippen LogP contribution in [-0.4, -0.2) is 12.2 Å². The molecule has 0 aliphatic carbocycles. The van der Waals surface area contributed by atoms with Crippen molar-refractivity contribution in [2.45, 2.75) is 6.10 Å². The lowest BCUT2D eigenvalue weighted by Crippen LogP contribution is -1.98. The highest BCUT2D eigenvalue weighted by molar-refractivity contribution is 7.19. The first-order valence-corrected chi connectivity index (χ1v) is 7.00. The summed E-state index contributed by atoms with van der Waals surface area (Å²) in [5, 5.41) is 11.5. The minimum Gasteiger partial charge on any atom is -0.494 e. The molecule has 0 spiro atoms. The van der Waals surface area contributed by atoms with E-state index < -0.39 is 11.9 Å². The largest absolute Gasteiger partial charge is 0.494 e. The van der Waals surface area contributed by atoms with Gasteiger partial charge in [0, 0.05) is 9.58 Å². The Labute approximate surface area is 120 Å². The van der Waals surface area contributed by atoms with Gasteiger partial charge < -0.3 is 9.84 Å². The molecule has 0 fully saturated rings. The Balaban J connectivity index is 1.99. The molecule has 20 heavy (non-hydrogen) atoms. The fourth-order valence-corrected chi connectivity index (χ4v) is 3.23. The number of fused-ring (bicyclic) bond motifs is 1. The van der Waals surface area contributed by atoms with Crippen LogP contribution in [-0.2, 0) is 0 Å². The molecule has 0 bridgehead atoms. The van der Waals surface area contributed by atoms with Gasteiger partial charge in [-0.25, -0.2) is 4.39 Å². The molecule has 2 aromatic carbocycles. The van der Waals surface area contributed by atoms with Gasteiger partial charge in [0.1, 0.15) is 6.10 Å². The van der Waals surface area contributed by atoms with Crippen LogP contribution < -0.4 is 4.74 Å². The van der Waals surface area contributed by atoms with E-state index >= 15 is 0 Å². The summed E-state index contributed by atoms with van der Waals surface area (Å²) in [7, 11) is 1.42. The fourth-order valence-electron chi connectivity index (χ4n) is 2.15. The maximum absolute atomic E-state index is 13.7. The van der Waals surface area contributed by atoms with Gasteiger partial charge in [0.25, 0.3) is 0 Å². The van der Waals surface area contributed by atoms with Crippen molar-refractivity contribution in [3.63, 3.8) is 0 Å². The molecule has 3 rings (SSSR count). The van der Waals surface area contributed by atoms with Crippen LogP contribution in [0, 0.1) is 5.82 Å². The van der Waals surface area contributed by atoms with Gasteiger partial charge in [0.05, 0.1) is 7.11 Å². The van der Waals surface area contributed by atoms with Crippen molar-refractivity contribution in [2.24, 2.45) is 0 Å². The van der Waals surface area contributed by atoms with Crippen molar-refractivity contribution in [3.05, 3.63) is 64.8 Å². The molecule has 1 atom stereocenters. The molecule has 1 N–H and O–H groups in total. The Morgan fingerprint density at radius 2 is 1.95 bits per heavy atom. The van der Waals surface area contributed by atoms with Gasteiger partial charge >= 0.3 is 0 Å². The minimum atomic E-state index is -0.826. The summed E-state index contributed by atoms with van der Waals surface area (Å²) < 4.78 is 19.7. The third kappa shape index (κ3) is 2.28. The first kappa shape index (κ1) is 13.1. The molecule has 0 radical (unpaired) electrons. The monoisotopic (exact) mass is 288 g/mol. The zero-order chi connectivity index (χ0) is 14.1. The number of ether oxygens (including phenoxy) is 1. The number of aliphatic hydroxyl groups excluding tert-OH is 1. The summed E-state index contributed by atoms with van der Waals surface area (Å²) in [5.74, 6) is -0.289. The Hall–Kier alpha value is -1.91. The first-order chi connectivity index (χ1) is 9.69. The Kier molecular flexibility index (Phi) is 3.42. The van der Waals surface area contributed by atoms with Gasteiger partial charge in [-0.1, -0.05) is 24.3 Å². The van der Waals surface area contributed by atoms with Crippen LogP contribution in [0.1, 0.15) is 16.5 Å². The highest BCUT2D eigenvalue weighted by Gasteiger charge is 2.15. The molecule has 1 aromatic heterocycles. The van der Waals surface area contributed by atoms with Gasteiger partial charge in [-0.2, -0.15) is 0 Å². The standard InChI is InChI=1S/C16H13FO2S/c1-19-13-7-6-11(8-12(13)17)16(18)15-9-10-4-2-3-5-14(10)20-15/h2-9,16,18H,1H3. The molecule has 0 saturated carbocycles. The highest BCUT2D eigenvalue weighted by Crippen LogP contribution is 2.34. The van der Waals surface area contributed by atoms with Crippen LogP contribution in [0.15, 0.2) is 48.5 Å². The molecular formula is C16H13FO2S. The number of rotatable bonds is 3. The number of halogens is 1. The van der Waals surface area contributed by atoms with Gasteiger partial charge in [-0.3, -0.25) is 0 Å². The molecule has 0 aliphatic rings. The number of aliphatic hydroxyl groups is 1. The second-order valence-corrected chi connectivity index (χ2v) is 5.60. The number of thiophene rings is 1. The van der Waals surface area contributed by atoms with E-state index in [4.69, 9.17) is 4.74 Å². The van der Waals surface area contributed by atoms with Crippen molar-refractivity contribution in [1.29, 1.82) is 0 Å². The minimum absolute atomic E-state index is 0.178. The number of hydrogen-bond acceptors (Lipinski definition) is 3. The van der Waals surface area contributed by atoms with Gasteiger partial charge in [0.15, 0.2) is 11.6 Å². The lowest BCUT2D eigenvalue weighted by molar-refractivity contribution is 0.223. The Morgan fingerprint density at radius 3 is 2.65 bits per heavy atom. The van der Waals surface area contributed by atoms with E-state index in [2.05, 4.69) is 0 Å². The Morgan fingerprint density at radius 1 is 1.15 bits per heavy atom. The second kappa shape index (κ2) is 5.23. The number of benzene rings is 2. The van der Waals surface area contributed by atoms with E-state index in [1.165, 1.54) is 30.6 Å². The van der Waals surface area contributed by atoms with Crippen LogP contribution in [0.3, 0.4) is 0 Å². The normalized spacial score (nSPS) is 12.6. The van der Waals surface area contributed by atoms with Gasteiger partial charge in [-0.05, 0) is 35.2 Å². The van der Waals surface area contributed by atoms with Crippen LogP contribution in [0.2, 0.25) is 0 Å². The van der Waals surface area contributed by atoms with Crippen molar-refractivity contribution in [3.8, 4) is 5.75 Å². The predicted molar refractivity (Wildman–Crippen MR) is 78.8 cm³/mol. The topological polar surface area (TPSA) is 29.5 Å². The van der Waals surface area contributed by atoms with E-state index in [0.717, 1.165) is 15.0 Å². The summed E-state index contributed by atoms with van der Waals surface area (Å²) in [4.78, 5) is 0.802. The van der Waals surface area contributed by atoms with Crippen molar-refractivity contribution < 1.29 is 14.2 Å². The molecule has 0 saturated heterocycles. The second-order valence-electron chi connectivity index (χ2n) is 4.48. The average molecular weight is 288 g/mol. The zero-order valence-corrected chi connectivity index (χ0v) is 11.7. The molecule has 3 aromatic rings. The summed E-state index contributed by atoms with van der Waals surface area (Å²) >= 11 is 1.51. The molecule has 1 unspecified atom stereocenters. The van der Waals surface area contributed by atoms with E-state index in [-0.39, 0.29) is 5.75 Å². The van der Waals surface area contributed by atoms with E-state index in [1.54, 1.807) is 6.07 Å². The van der Waals surface area contributed by atoms with Crippen LogP contribution in [0.25, 0.3) is 10.1 Å². The smallest absolute Gasteiger partial charge is 0.165 e. The molecule has 0 amide bonds. The van der Waals surface area contributed by atoms with Crippen molar-refractivity contribution in [1.82, 2.24) is 0 Å². The van der Waals surface area contributed by atoms with Gasteiger partial charge in [0.2, 0.25) is 0 Å².